The number of rotatable bonds is 10. The van der Waals surface area contributed by atoms with Crippen LogP contribution in [-0.4, -0.2) is 61.4 Å². The highest BCUT2D eigenvalue weighted by atomic mass is 32.1. The smallest absolute Gasteiger partial charge is 0.332 e. The lowest BCUT2D eigenvalue weighted by molar-refractivity contribution is -0.139. The summed E-state index contributed by atoms with van der Waals surface area (Å²) in [6.07, 6.45) is 2.01. The number of anilines is 1. The van der Waals surface area contributed by atoms with E-state index >= 15 is 0 Å². The average molecular weight is 519 g/mol. The molecule has 0 spiro atoms. The zero-order valence-corrected chi connectivity index (χ0v) is 21.9. The first-order chi connectivity index (χ1) is 18.1. The van der Waals surface area contributed by atoms with Gasteiger partial charge in [-0.3, -0.25) is 14.3 Å². The van der Waals surface area contributed by atoms with Crippen LogP contribution in [0.25, 0.3) is 21.0 Å². The van der Waals surface area contributed by atoms with Crippen molar-refractivity contribution >= 4 is 44.0 Å². The molecule has 2 aromatic heterocycles. The number of thiophene rings is 1. The van der Waals surface area contributed by atoms with Crippen molar-refractivity contribution in [3.63, 3.8) is 0 Å². The van der Waals surface area contributed by atoms with Gasteiger partial charge in [-0.2, -0.15) is 0 Å². The van der Waals surface area contributed by atoms with E-state index < -0.39 is 5.97 Å². The summed E-state index contributed by atoms with van der Waals surface area (Å²) in [5, 5.41) is 4.38. The number of unbranched alkanes of at least 4 members (excludes halogenated alkanes) is 1. The van der Waals surface area contributed by atoms with Crippen LogP contribution in [0.5, 0.6) is 5.75 Å². The van der Waals surface area contributed by atoms with Crippen LogP contribution in [0.2, 0.25) is 0 Å². The predicted octanol–water partition coefficient (Wildman–Crippen LogP) is 4.77. The number of benzene rings is 2. The second-order valence-electron chi connectivity index (χ2n) is 9.14. The van der Waals surface area contributed by atoms with E-state index in [1.165, 1.54) is 33.0 Å². The van der Waals surface area contributed by atoms with Gasteiger partial charge in [-0.05, 0) is 73.5 Å². The Kier molecular flexibility index (Phi) is 8.06. The maximum Gasteiger partial charge on any atom is 0.332 e. The van der Waals surface area contributed by atoms with Crippen molar-refractivity contribution < 1.29 is 14.3 Å². The third-order valence-corrected chi connectivity index (χ3v) is 7.63. The lowest BCUT2D eigenvalue weighted by atomic mass is 10.2. The Morgan fingerprint density at radius 1 is 1.03 bits per heavy atom. The van der Waals surface area contributed by atoms with E-state index in [9.17, 15) is 9.59 Å². The molecule has 1 saturated heterocycles. The zero-order chi connectivity index (χ0) is 25.6. The van der Waals surface area contributed by atoms with Crippen molar-refractivity contribution in [2.75, 3.05) is 50.8 Å². The van der Waals surface area contributed by atoms with Crippen molar-refractivity contribution in [2.24, 2.45) is 0 Å². The van der Waals surface area contributed by atoms with Gasteiger partial charge < -0.3 is 14.4 Å². The molecule has 0 N–H and O–H groups in total. The molecule has 3 heterocycles. The third-order valence-electron chi connectivity index (χ3n) is 6.75. The molecule has 193 valence electrons. The average Bonchev–Trinajstić information content (AvgIpc) is 3.40. The summed E-state index contributed by atoms with van der Waals surface area (Å²) in [4.78, 5) is 29.3. The van der Waals surface area contributed by atoms with Gasteiger partial charge in [0.05, 0.1) is 18.7 Å². The van der Waals surface area contributed by atoms with Gasteiger partial charge in [-0.25, -0.2) is 4.79 Å². The molecule has 1 aliphatic rings. The van der Waals surface area contributed by atoms with Crippen molar-refractivity contribution in [3.05, 3.63) is 76.9 Å². The molecule has 8 heteroatoms. The fraction of sp³-hybridized carbons (Fsp3) is 0.345. The number of hydrogen-bond donors (Lipinski definition) is 0. The lowest BCUT2D eigenvalue weighted by Crippen LogP contribution is -2.46. The van der Waals surface area contributed by atoms with E-state index in [-0.39, 0.29) is 12.2 Å². The van der Waals surface area contributed by atoms with E-state index in [2.05, 4.69) is 39.4 Å². The van der Waals surface area contributed by atoms with E-state index in [1.54, 1.807) is 30.4 Å². The number of esters is 1. The molecule has 1 aliphatic heterocycles. The van der Waals surface area contributed by atoms with Gasteiger partial charge in [0.1, 0.15) is 5.75 Å². The van der Waals surface area contributed by atoms with Gasteiger partial charge in [0, 0.05) is 54.1 Å². The minimum Gasteiger partial charge on any atom is -0.494 e. The number of aromatic nitrogens is 1. The number of pyridine rings is 1. The van der Waals surface area contributed by atoms with Gasteiger partial charge in [0.15, 0.2) is 6.54 Å². The van der Waals surface area contributed by atoms with Gasteiger partial charge in [0.25, 0.3) is 5.56 Å². The standard InChI is InChI=1S/C29H32N3O4S/c1-2-35-29(34)21-32-26-20-23(10-8-22(26)9-11-28(32)33)36-18-4-3-13-30-14-16-31(17-15-30)25-6-5-7-27-24(25)12-19-37-27/h5-12,19-21H,2-4,13-18H2,1H3. The van der Waals surface area contributed by atoms with E-state index in [1.807, 2.05) is 12.1 Å². The largest absolute Gasteiger partial charge is 0.494 e. The summed E-state index contributed by atoms with van der Waals surface area (Å²) in [6, 6.07) is 17.6. The molecule has 0 bridgehead atoms. The molecule has 0 unspecified atom stereocenters. The van der Waals surface area contributed by atoms with Crippen LogP contribution in [0.4, 0.5) is 5.69 Å². The zero-order valence-electron chi connectivity index (χ0n) is 21.1. The molecule has 0 amide bonds. The Hall–Kier alpha value is -3.36. The fourth-order valence-corrected chi connectivity index (χ4v) is 5.64. The van der Waals surface area contributed by atoms with Gasteiger partial charge in [-0.15, -0.1) is 11.3 Å². The minimum atomic E-state index is -0.548. The summed E-state index contributed by atoms with van der Waals surface area (Å²) < 4.78 is 13.6. The van der Waals surface area contributed by atoms with E-state index in [0.29, 0.717) is 17.9 Å². The van der Waals surface area contributed by atoms with Gasteiger partial charge >= 0.3 is 5.97 Å². The molecule has 1 fully saturated rings. The number of ether oxygens (including phenoxy) is 2. The van der Waals surface area contributed by atoms with Gasteiger partial charge in [-0.1, -0.05) is 6.07 Å². The number of fused-ring (bicyclic) bond motifs is 2. The summed E-state index contributed by atoms with van der Waals surface area (Å²) in [5.74, 6) is 0.133. The van der Waals surface area contributed by atoms with Crippen molar-refractivity contribution in [2.45, 2.75) is 19.8 Å². The molecule has 4 aromatic rings. The molecule has 7 nitrogen and oxygen atoms in total. The molecule has 5 rings (SSSR count). The van der Waals surface area contributed by atoms with Crippen LogP contribution >= 0.6 is 11.3 Å². The Bertz CT molecular complexity index is 1420. The number of nitrogens with zero attached hydrogens (tertiary/aromatic N) is 3. The van der Waals surface area contributed by atoms with Gasteiger partial charge in [0.2, 0.25) is 0 Å². The maximum absolute atomic E-state index is 12.4. The minimum absolute atomic E-state index is 0.254. The summed E-state index contributed by atoms with van der Waals surface area (Å²) in [5.41, 5.74) is 1.69. The fourth-order valence-electron chi connectivity index (χ4n) is 4.83. The monoisotopic (exact) mass is 518 g/mol. The number of carbonyl (C=O) groups excluding carboxylic acids is 1. The second-order valence-corrected chi connectivity index (χ2v) is 10.1. The molecular weight excluding hydrogens is 486 g/mol. The number of hydrogen-bond acceptors (Lipinski definition) is 7. The first kappa shape index (κ1) is 25.3. The molecule has 0 atom stereocenters. The SMILES string of the molecule is CCOC(=O)[CH]n1c(=O)ccc2ccc(OCCCCN3CCN(c4cccc5sccc45)CC3)cc21. The normalized spacial score (nSPS) is 14.4. The van der Waals surface area contributed by atoms with Crippen molar-refractivity contribution in [1.82, 2.24) is 9.47 Å². The Morgan fingerprint density at radius 2 is 1.86 bits per heavy atom. The van der Waals surface area contributed by atoms with E-state index in [0.717, 1.165) is 51.0 Å². The summed E-state index contributed by atoms with van der Waals surface area (Å²) >= 11 is 1.80. The highest BCUT2D eigenvalue weighted by Crippen LogP contribution is 2.31. The molecule has 37 heavy (non-hydrogen) atoms. The topological polar surface area (TPSA) is 64.0 Å². The number of piperazine rings is 1. The molecule has 0 aliphatic carbocycles. The molecule has 1 radical (unpaired) electrons. The summed E-state index contributed by atoms with van der Waals surface area (Å²) in [7, 11) is 0. The Morgan fingerprint density at radius 3 is 2.70 bits per heavy atom. The van der Waals surface area contributed by atoms with Crippen molar-refractivity contribution in [1.29, 1.82) is 0 Å². The predicted molar refractivity (Wildman–Crippen MR) is 150 cm³/mol. The van der Waals surface area contributed by atoms with Crippen LogP contribution < -0.4 is 15.2 Å². The maximum atomic E-state index is 12.4. The molecular formula is C29H32N3O4S. The third kappa shape index (κ3) is 5.97. The highest BCUT2D eigenvalue weighted by Gasteiger charge is 2.18. The Labute approximate surface area is 220 Å². The van der Waals surface area contributed by atoms with Crippen LogP contribution in [0, 0.1) is 6.54 Å². The number of carbonyl (C=O) groups is 1. The van der Waals surface area contributed by atoms with Crippen molar-refractivity contribution in [3.8, 4) is 5.75 Å². The van der Waals surface area contributed by atoms with Crippen LogP contribution in [-0.2, 0) is 9.53 Å². The Balaban J connectivity index is 1.09. The second kappa shape index (κ2) is 11.8. The van der Waals surface area contributed by atoms with E-state index in [4.69, 9.17) is 9.47 Å². The van der Waals surface area contributed by atoms with Crippen LogP contribution in [0.1, 0.15) is 19.8 Å². The van der Waals surface area contributed by atoms with Crippen LogP contribution in [0.3, 0.4) is 0 Å². The summed E-state index contributed by atoms with van der Waals surface area (Å²) in [6.45, 7) is 9.08. The van der Waals surface area contributed by atoms with Crippen LogP contribution in [0.15, 0.2) is 64.8 Å². The first-order valence-electron chi connectivity index (χ1n) is 12.9. The highest BCUT2D eigenvalue weighted by molar-refractivity contribution is 7.17. The first-order valence-corrected chi connectivity index (χ1v) is 13.7. The lowest BCUT2D eigenvalue weighted by Gasteiger charge is -2.36. The molecule has 0 saturated carbocycles. The molecule has 2 aromatic carbocycles. The quantitative estimate of drug-likeness (QED) is 0.223.